The first-order chi connectivity index (χ1) is 18.5. The zero-order valence-corrected chi connectivity index (χ0v) is 22.4. The van der Waals surface area contributed by atoms with Gasteiger partial charge in [-0.2, -0.15) is 0 Å². The van der Waals surface area contributed by atoms with Crippen molar-refractivity contribution in [3.63, 3.8) is 0 Å². The Hall–Kier alpha value is -3.91. The molecule has 0 unspecified atom stereocenters. The molecule has 0 N–H and O–H groups in total. The van der Waals surface area contributed by atoms with Crippen LogP contribution in [0.25, 0.3) is 16.8 Å². The Balaban J connectivity index is 1.55. The van der Waals surface area contributed by atoms with E-state index in [0.717, 1.165) is 64.2 Å². The Morgan fingerprint density at radius 2 is 1.79 bits per heavy atom. The third-order valence-corrected chi connectivity index (χ3v) is 7.47. The number of hydrogen-bond donors (Lipinski definition) is 0. The molecule has 0 saturated carbocycles. The quantitative estimate of drug-likeness (QED) is 0.199. The molecule has 3 heterocycles. The lowest BCUT2D eigenvalue weighted by molar-refractivity contribution is 0.103. The molecule has 6 nitrogen and oxygen atoms in total. The van der Waals surface area contributed by atoms with Gasteiger partial charge in [0.1, 0.15) is 35.3 Å². The fourth-order valence-corrected chi connectivity index (χ4v) is 5.45. The summed E-state index contributed by atoms with van der Waals surface area (Å²) in [5.41, 5.74) is 4.38. The number of rotatable bonds is 7. The van der Waals surface area contributed by atoms with Crippen molar-refractivity contribution >= 4 is 27.4 Å². The van der Waals surface area contributed by atoms with E-state index in [2.05, 4.69) is 20.5 Å². The highest BCUT2D eigenvalue weighted by Gasteiger charge is 2.32. The second-order valence-electron chi connectivity index (χ2n) is 9.24. The van der Waals surface area contributed by atoms with Crippen LogP contribution in [0.5, 0.6) is 11.5 Å². The fraction of sp³-hybridized carbons (Fsp3) is 0.200. The molecular weight excluding hydrogens is 549 g/mol. The van der Waals surface area contributed by atoms with E-state index in [-0.39, 0.29) is 18.2 Å². The molecule has 1 aliphatic rings. The van der Waals surface area contributed by atoms with E-state index in [1.807, 2.05) is 36.4 Å². The van der Waals surface area contributed by atoms with Gasteiger partial charge >= 0.3 is 0 Å². The molecule has 6 rings (SSSR count). The van der Waals surface area contributed by atoms with Crippen molar-refractivity contribution < 1.29 is 18.7 Å². The van der Waals surface area contributed by atoms with Gasteiger partial charge in [0.15, 0.2) is 5.82 Å². The zero-order valence-electron chi connectivity index (χ0n) is 20.8. The SMILES string of the molecule is COc1ccccc1C(=O)c1c(-c2ccc(F)cc2)c2c3n(c(COc4ccc(Br)cc4)nn13)CCCC2. The average molecular weight is 574 g/mol. The van der Waals surface area contributed by atoms with Crippen molar-refractivity contribution in [1.82, 2.24) is 14.2 Å². The molecule has 0 fully saturated rings. The first kappa shape index (κ1) is 24.4. The van der Waals surface area contributed by atoms with Crippen LogP contribution in [0.15, 0.2) is 77.3 Å². The molecular formula is C30H25BrFN3O3. The summed E-state index contributed by atoms with van der Waals surface area (Å²) in [5.74, 6) is 1.44. The first-order valence-corrected chi connectivity index (χ1v) is 13.3. The number of halogens is 2. The molecule has 0 saturated heterocycles. The summed E-state index contributed by atoms with van der Waals surface area (Å²) in [4.78, 5) is 14.2. The van der Waals surface area contributed by atoms with Crippen LogP contribution in [0.1, 0.15) is 40.3 Å². The van der Waals surface area contributed by atoms with Gasteiger partial charge in [0.25, 0.3) is 0 Å². The number of aromatic nitrogens is 3. The highest BCUT2D eigenvalue weighted by molar-refractivity contribution is 9.10. The molecule has 0 bridgehead atoms. The van der Waals surface area contributed by atoms with Gasteiger partial charge in [-0.05, 0) is 73.4 Å². The van der Waals surface area contributed by atoms with E-state index in [9.17, 15) is 9.18 Å². The van der Waals surface area contributed by atoms with Crippen LogP contribution < -0.4 is 9.47 Å². The summed E-state index contributed by atoms with van der Waals surface area (Å²) in [6.45, 7) is 1.03. The number of ketones is 1. The third-order valence-electron chi connectivity index (χ3n) is 6.94. The highest BCUT2D eigenvalue weighted by Crippen LogP contribution is 2.38. The largest absolute Gasteiger partial charge is 0.496 e. The smallest absolute Gasteiger partial charge is 0.215 e. The van der Waals surface area contributed by atoms with Gasteiger partial charge in [0.05, 0.1) is 12.7 Å². The Morgan fingerprint density at radius 3 is 2.55 bits per heavy atom. The molecule has 0 aliphatic carbocycles. The minimum atomic E-state index is -0.323. The maximum Gasteiger partial charge on any atom is 0.215 e. The van der Waals surface area contributed by atoms with Crippen molar-refractivity contribution in [2.24, 2.45) is 0 Å². The van der Waals surface area contributed by atoms with Gasteiger partial charge in [0, 0.05) is 22.1 Å². The van der Waals surface area contributed by atoms with E-state index in [0.29, 0.717) is 17.0 Å². The van der Waals surface area contributed by atoms with Crippen molar-refractivity contribution in [3.05, 3.63) is 106 Å². The third kappa shape index (κ3) is 4.28. The predicted octanol–water partition coefficient (Wildman–Crippen LogP) is 6.86. The number of methoxy groups -OCH3 is 1. The lowest BCUT2D eigenvalue weighted by atomic mass is 9.94. The monoisotopic (exact) mass is 573 g/mol. The number of carbonyl (C=O) groups excluding carboxylic acids is 1. The maximum atomic E-state index is 14.2. The Morgan fingerprint density at radius 1 is 1.03 bits per heavy atom. The molecule has 3 aromatic carbocycles. The van der Waals surface area contributed by atoms with Crippen molar-refractivity contribution in [1.29, 1.82) is 0 Å². The first-order valence-electron chi connectivity index (χ1n) is 12.5. The summed E-state index contributed by atoms with van der Waals surface area (Å²) >= 11 is 3.45. The van der Waals surface area contributed by atoms with Crippen LogP contribution in [0.3, 0.4) is 0 Å². The average Bonchev–Trinajstić information content (AvgIpc) is 3.34. The van der Waals surface area contributed by atoms with Gasteiger partial charge in [-0.3, -0.25) is 4.79 Å². The van der Waals surface area contributed by atoms with Crippen molar-refractivity contribution in [2.75, 3.05) is 7.11 Å². The lowest BCUT2D eigenvalue weighted by Crippen LogP contribution is -2.10. The second-order valence-corrected chi connectivity index (χ2v) is 10.2. The molecule has 1 aliphatic heterocycles. The summed E-state index contributed by atoms with van der Waals surface area (Å²) in [5, 5.41) is 4.93. The predicted molar refractivity (Wildman–Crippen MR) is 146 cm³/mol. The van der Waals surface area contributed by atoms with Crippen LogP contribution in [0.4, 0.5) is 4.39 Å². The molecule has 0 amide bonds. The molecule has 192 valence electrons. The topological polar surface area (TPSA) is 57.8 Å². The summed E-state index contributed by atoms with van der Waals surface area (Å²) in [7, 11) is 1.55. The number of carbonyl (C=O) groups is 1. The lowest BCUT2D eigenvalue weighted by Gasteiger charge is -2.11. The molecule has 38 heavy (non-hydrogen) atoms. The van der Waals surface area contributed by atoms with Crippen molar-refractivity contribution in [3.8, 4) is 22.6 Å². The Kier molecular flexibility index (Phi) is 6.49. The standard InChI is InChI=1S/C30H25BrFN3O3/c1-37-25-8-3-2-6-23(25)29(36)28-27(19-9-13-21(32)14-10-19)24-7-4-5-17-34-26(33-35(28)30(24)34)18-38-22-15-11-20(31)12-16-22/h2-3,6,8-16H,4-5,7,17-18H2,1H3. The number of benzene rings is 3. The number of aryl methyl sites for hydroxylation is 2. The number of nitrogens with zero attached hydrogens (tertiary/aromatic N) is 3. The van der Waals surface area contributed by atoms with E-state index >= 15 is 0 Å². The van der Waals surface area contributed by atoms with E-state index in [1.54, 1.807) is 35.9 Å². The molecule has 8 heteroatoms. The van der Waals surface area contributed by atoms with E-state index in [1.165, 1.54) is 12.1 Å². The van der Waals surface area contributed by atoms with Crippen LogP contribution in [-0.4, -0.2) is 27.1 Å². The summed E-state index contributed by atoms with van der Waals surface area (Å²) in [6, 6.07) is 21.2. The highest BCUT2D eigenvalue weighted by atomic mass is 79.9. The van der Waals surface area contributed by atoms with E-state index in [4.69, 9.17) is 14.6 Å². The van der Waals surface area contributed by atoms with Crippen LogP contribution in [0.2, 0.25) is 0 Å². The number of ether oxygens (including phenoxy) is 2. The molecule has 2 aromatic heterocycles. The fourth-order valence-electron chi connectivity index (χ4n) is 5.19. The maximum absolute atomic E-state index is 14.2. The molecule has 0 atom stereocenters. The van der Waals surface area contributed by atoms with E-state index < -0.39 is 0 Å². The van der Waals surface area contributed by atoms with Gasteiger partial charge < -0.3 is 14.0 Å². The summed E-state index contributed by atoms with van der Waals surface area (Å²) < 4.78 is 30.4. The van der Waals surface area contributed by atoms with Gasteiger partial charge in [-0.15, -0.1) is 5.10 Å². The van der Waals surface area contributed by atoms with Crippen molar-refractivity contribution in [2.45, 2.75) is 32.4 Å². The molecule has 5 aromatic rings. The molecule has 0 radical (unpaired) electrons. The van der Waals surface area contributed by atoms with Gasteiger partial charge in [0.2, 0.25) is 5.78 Å². The zero-order chi connectivity index (χ0) is 26.2. The Labute approximate surface area is 227 Å². The van der Waals surface area contributed by atoms with Crippen LogP contribution in [0, 0.1) is 5.82 Å². The van der Waals surface area contributed by atoms with Crippen LogP contribution in [-0.2, 0) is 19.6 Å². The number of hydrogen-bond acceptors (Lipinski definition) is 4. The van der Waals surface area contributed by atoms with Gasteiger partial charge in [-0.25, -0.2) is 8.91 Å². The number of para-hydroxylation sites is 1. The minimum absolute atomic E-state index is 0.200. The Bertz CT molecular complexity index is 1640. The second kappa shape index (κ2) is 10.1. The minimum Gasteiger partial charge on any atom is -0.496 e. The van der Waals surface area contributed by atoms with Crippen LogP contribution >= 0.6 is 15.9 Å². The summed E-state index contributed by atoms with van der Waals surface area (Å²) in [6.07, 6.45) is 2.73. The van der Waals surface area contributed by atoms with Gasteiger partial charge in [-0.1, -0.05) is 40.2 Å². The normalized spacial score (nSPS) is 12.9. The molecule has 0 spiro atoms.